The van der Waals surface area contributed by atoms with Gasteiger partial charge in [0.05, 0.1) is 72.7 Å². The van der Waals surface area contributed by atoms with E-state index in [1.165, 1.54) is 0 Å². The summed E-state index contributed by atoms with van der Waals surface area (Å²) in [5.74, 6) is 0. The molecule has 0 aliphatic heterocycles. The van der Waals surface area contributed by atoms with Crippen LogP contribution in [0.2, 0.25) is 0 Å². The normalized spacial score (nSPS) is 11.8. The Balaban J connectivity index is 1.92. The van der Waals surface area contributed by atoms with Gasteiger partial charge >= 0.3 is 0 Å². The van der Waals surface area contributed by atoms with Gasteiger partial charge < -0.3 is 28.4 Å². The first-order valence-electron chi connectivity index (χ1n) is 10.5. The van der Waals surface area contributed by atoms with Gasteiger partial charge in [-0.05, 0) is 31.4 Å². The van der Waals surface area contributed by atoms with Crippen LogP contribution in [-0.4, -0.2) is 92.3 Å². The van der Waals surface area contributed by atoms with E-state index >= 15 is 0 Å². The molecule has 1 aromatic carbocycles. The molecule has 1 N–H and O–H groups in total. The van der Waals surface area contributed by atoms with Gasteiger partial charge in [-0.3, -0.25) is 4.55 Å². The number of rotatable bonds is 20. The molecule has 0 spiro atoms. The highest BCUT2D eigenvalue weighted by Crippen LogP contribution is 2.20. The Bertz CT molecular complexity index is 679. The van der Waals surface area contributed by atoms with Crippen molar-refractivity contribution in [2.75, 3.05) is 79.3 Å². The molecule has 0 radical (unpaired) electrons. The Labute approximate surface area is 185 Å². The van der Waals surface area contributed by atoms with Crippen molar-refractivity contribution in [3.8, 4) is 0 Å². The van der Waals surface area contributed by atoms with Crippen LogP contribution < -0.4 is 0 Å². The zero-order valence-electron chi connectivity index (χ0n) is 18.5. The first-order chi connectivity index (χ1) is 15.0. The number of aryl methyl sites for hydroxylation is 1. The van der Waals surface area contributed by atoms with E-state index in [0.717, 1.165) is 0 Å². The first-order valence-corrected chi connectivity index (χ1v) is 11.9. The molecular weight excluding hydrogens is 428 g/mol. The number of benzene rings is 1. The summed E-state index contributed by atoms with van der Waals surface area (Å²) in [6, 6.07) is 5.08. The standard InChI is InChI=1S/C21H36O9S/c1-3-25-9-10-27-13-14-29-17-18-30-16-15-28-12-11-26-8-7-20-6-4-5-19(2)21(20)31(22,23)24/h4-6H,3,7-18H2,1-2H3,(H,22,23,24). The van der Waals surface area contributed by atoms with Crippen LogP contribution >= 0.6 is 0 Å². The summed E-state index contributed by atoms with van der Waals surface area (Å²) in [7, 11) is -4.25. The SMILES string of the molecule is CCOCCOCCOCCOCCOCCOCCc1cccc(C)c1S(=O)(=O)O. The van der Waals surface area contributed by atoms with E-state index in [0.29, 0.717) is 96.8 Å². The Morgan fingerprint density at radius 2 is 1.13 bits per heavy atom. The van der Waals surface area contributed by atoms with Gasteiger partial charge in [-0.25, -0.2) is 0 Å². The lowest BCUT2D eigenvalue weighted by Crippen LogP contribution is -2.14. The largest absolute Gasteiger partial charge is 0.379 e. The quantitative estimate of drug-likeness (QED) is 0.228. The van der Waals surface area contributed by atoms with Crippen molar-refractivity contribution in [1.29, 1.82) is 0 Å². The predicted octanol–water partition coefficient (Wildman–Crippen LogP) is 1.90. The van der Waals surface area contributed by atoms with Gasteiger partial charge in [0.1, 0.15) is 4.90 Å². The Hall–Kier alpha value is -1.11. The summed E-state index contributed by atoms with van der Waals surface area (Å²) in [5.41, 5.74) is 1.05. The summed E-state index contributed by atoms with van der Waals surface area (Å²) in [4.78, 5) is -0.0370. The zero-order chi connectivity index (χ0) is 22.8. The molecule has 31 heavy (non-hydrogen) atoms. The second kappa shape index (κ2) is 17.4. The van der Waals surface area contributed by atoms with Gasteiger partial charge in [0, 0.05) is 6.61 Å². The topological polar surface area (TPSA) is 110 Å². The van der Waals surface area contributed by atoms with E-state index in [2.05, 4.69) is 0 Å². The van der Waals surface area contributed by atoms with Crippen LogP contribution in [0.4, 0.5) is 0 Å². The highest BCUT2D eigenvalue weighted by atomic mass is 32.2. The lowest BCUT2D eigenvalue weighted by atomic mass is 10.1. The van der Waals surface area contributed by atoms with Crippen LogP contribution in [0.1, 0.15) is 18.1 Å². The van der Waals surface area contributed by atoms with E-state index in [9.17, 15) is 13.0 Å². The molecule has 1 rings (SSSR count). The minimum Gasteiger partial charge on any atom is -0.379 e. The number of hydrogen-bond acceptors (Lipinski definition) is 8. The minimum absolute atomic E-state index is 0.0370. The van der Waals surface area contributed by atoms with Crippen molar-refractivity contribution in [3.05, 3.63) is 29.3 Å². The van der Waals surface area contributed by atoms with Crippen LogP contribution in [0.3, 0.4) is 0 Å². The van der Waals surface area contributed by atoms with E-state index in [-0.39, 0.29) is 4.90 Å². The lowest BCUT2D eigenvalue weighted by Gasteiger charge is -2.10. The molecular formula is C21H36O9S. The van der Waals surface area contributed by atoms with Crippen molar-refractivity contribution in [1.82, 2.24) is 0 Å². The molecule has 0 atom stereocenters. The third-order valence-corrected chi connectivity index (χ3v) is 5.23. The highest BCUT2D eigenvalue weighted by Gasteiger charge is 2.17. The molecule has 0 aliphatic carbocycles. The van der Waals surface area contributed by atoms with Gasteiger partial charge in [0.15, 0.2) is 0 Å². The fraction of sp³-hybridized carbons (Fsp3) is 0.714. The predicted molar refractivity (Wildman–Crippen MR) is 115 cm³/mol. The molecule has 0 saturated carbocycles. The zero-order valence-corrected chi connectivity index (χ0v) is 19.4. The molecule has 0 amide bonds. The summed E-state index contributed by atoms with van der Waals surface area (Å²) in [5, 5.41) is 0. The van der Waals surface area contributed by atoms with Crippen LogP contribution in [0.25, 0.3) is 0 Å². The summed E-state index contributed by atoms with van der Waals surface area (Å²) in [6.45, 7) is 9.58. The van der Waals surface area contributed by atoms with Crippen LogP contribution in [0.5, 0.6) is 0 Å². The van der Waals surface area contributed by atoms with Gasteiger partial charge in [0.25, 0.3) is 10.1 Å². The fourth-order valence-electron chi connectivity index (χ4n) is 2.71. The van der Waals surface area contributed by atoms with Crippen LogP contribution in [0.15, 0.2) is 23.1 Å². The third-order valence-electron chi connectivity index (χ3n) is 4.13. The number of hydrogen-bond donors (Lipinski definition) is 1. The molecule has 0 fully saturated rings. The Morgan fingerprint density at radius 1 is 0.710 bits per heavy atom. The molecule has 0 bridgehead atoms. The Kier molecular flexibility index (Phi) is 15.7. The maximum Gasteiger partial charge on any atom is 0.295 e. The fourth-order valence-corrected chi connectivity index (χ4v) is 3.68. The number of ether oxygens (including phenoxy) is 6. The summed E-state index contributed by atoms with van der Waals surface area (Å²) in [6.07, 6.45) is 0.386. The van der Waals surface area contributed by atoms with E-state index in [1.54, 1.807) is 25.1 Å². The first kappa shape index (κ1) is 27.9. The Morgan fingerprint density at radius 3 is 1.55 bits per heavy atom. The molecule has 9 nitrogen and oxygen atoms in total. The smallest absolute Gasteiger partial charge is 0.295 e. The average molecular weight is 465 g/mol. The minimum atomic E-state index is -4.25. The van der Waals surface area contributed by atoms with Gasteiger partial charge in [0.2, 0.25) is 0 Å². The van der Waals surface area contributed by atoms with Crippen LogP contribution in [0, 0.1) is 6.92 Å². The van der Waals surface area contributed by atoms with E-state index in [1.807, 2.05) is 6.92 Å². The maximum absolute atomic E-state index is 11.5. The van der Waals surface area contributed by atoms with Crippen molar-refractivity contribution in [3.63, 3.8) is 0 Å². The average Bonchev–Trinajstić information content (AvgIpc) is 2.72. The summed E-state index contributed by atoms with van der Waals surface area (Å²) < 4.78 is 64.6. The molecule has 1 aromatic rings. The van der Waals surface area contributed by atoms with Gasteiger partial charge in [-0.2, -0.15) is 8.42 Å². The monoisotopic (exact) mass is 464 g/mol. The van der Waals surface area contributed by atoms with Crippen molar-refractivity contribution in [2.45, 2.75) is 25.2 Å². The van der Waals surface area contributed by atoms with Gasteiger partial charge in [-0.15, -0.1) is 0 Å². The van der Waals surface area contributed by atoms with Crippen LogP contribution in [-0.2, 0) is 45.0 Å². The molecule has 180 valence electrons. The van der Waals surface area contributed by atoms with Crippen molar-refractivity contribution in [2.24, 2.45) is 0 Å². The second-order valence-corrected chi connectivity index (χ2v) is 7.91. The van der Waals surface area contributed by atoms with Crippen molar-refractivity contribution >= 4 is 10.1 Å². The molecule has 0 heterocycles. The molecule has 0 unspecified atom stereocenters. The van der Waals surface area contributed by atoms with E-state index in [4.69, 9.17) is 28.4 Å². The highest BCUT2D eigenvalue weighted by molar-refractivity contribution is 7.86. The lowest BCUT2D eigenvalue weighted by molar-refractivity contribution is -0.0160. The van der Waals surface area contributed by atoms with Gasteiger partial charge in [-0.1, -0.05) is 18.2 Å². The molecule has 0 saturated heterocycles. The second-order valence-electron chi connectivity index (χ2n) is 6.55. The maximum atomic E-state index is 11.5. The van der Waals surface area contributed by atoms with Crippen molar-refractivity contribution < 1.29 is 41.4 Å². The third kappa shape index (κ3) is 13.8. The molecule has 0 aromatic heterocycles. The van der Waals surface area contributed by atoms with E-state index < -0.39 is 10.1 Å². The molecule has 10 heteroatoms. The summed E-state index contributed by atoms with van der Waals surface area (Å²) >= 11 is 0. The molecule has 0 aliphatic rings.